The van der Waals surface area contributed by atoms with Crippen LogP contribution in [0.25, 0.3) is 5.65 Å². The molecule has 3 aromatic rings. The van der Waals surface area contributed by atoms with Crippen molar-refractivity contribution in [3.8, 4) is 0 Å². The Labute approximate surface area is 144 Å². The highest BCUT2D eigenvalue weighted by molar-refractivity contribution is 6.03. The van der Waals surface area contributed by atoms with E-state index in [9.17, 15) is 4.79 Å². The smallest absolute Gasteiger partial charge is 0.259 e. The maximum Gasteiger partial charge on any atom is 0.259 e. The summed E-state index contributed by atoms with van der Waals surface area (Å²) in [6.45, 7) is 1.54. The van der Waals surface area contributed by atoms with Gasteiger partial charge in [-0.05, 0) is 37.1 Å². The molecule has 4 heterocycles. The van der Waals surface area contributed by atoms with Crippen molar-refractivity contribution in [2.45, 2.75) is 18.9 Å². The molecule has 8 nitrogen and oxygen atoms in total. The predicted molar refractivity (Wildman–Crippen MR) is 92.6 cm³/mol. The zero-order chi connectivity index (χ0) is 17.1. The molecule has 25 heavy (non-hydrogen) atoms. The number of nitrogens with one attached hydrogen (secondary N) is 2. The number of nitrogens with zero attached hydrogens (tertiary/aromatic N) is 4. The fraction of sp³-hybridized carbons (Fsp3) is 0.294. The van der Waals surface area contributed by atoms with Crippen LogP contribution in [0, 0.1) is 0 Å². The van der Waals surface area contributed by atoms with Crippen molar-refractivity contribution in [2.24, 2.45) is 0 Å². The van der Waals surface area contributed by atoms with E-state index < -0.39 is 0 Å². The number of fused-ring (bicyclic) bond motifs is 1. The van der Waals surface area contributed by atoms with Gasteiger partial charge in [-0.2, -0.15) is 9.50 Å². The van der Waals surface area contributed by atoms with Crippen molar-refractivity contribution in [1.82, 2.24) is 19.6 Å². The van der Waals surface area contributed by atoms with E-state index in [-0.39, 0.29) is 18.0 Å². The molecule has 0 aliphatic carbocycles. The van der Waals surface area contributed by atoms with Gasteiger partial charge in [0.05, 0.1) is 11.7 Å². The number of anilines is 2. The van der Waals surface area contributed by atoms with Gasteiger partial charge in [-0.15, -0.1) is 5.10 Å². The first-order chi connectivity index (χ1) is 12.3. The Bertz CT molecular complexity index is 873. The van der Waals surface area contributed by atoms with E-state index in [1.54, 1.807) is 22.8 Å². The van der Waals surface area contributed by atoms with E-state index in [4.69, 9.17) is 4.74 Å². The first kappa shape index (κ1) is 15.5. The van der Waals surface area contributed by atoms with Gasteiger partial charge in [-0.1, -0.05) is 6.07 Å². The molecule has 1 saturated heterocycles. The number of carbonyl (C=O) groups excluding carboxylic acids is 1. The molecular formula is C17H18N6O2. The Morgan fingerprint density at radius 2 is 2.28 bits per heavy atom. The second-order valence-corrected chi connectivity index (χ2v) is 5.83. The Balaban J connectivity index is 1.51. The summed E-state index contributed by atoms with van der Waals surface area (Å²) in [7, 11) is 0. The van der Waals surface area contributed by atoms with Gasteiger partial charge in [0.1, 0.15) is 5.82 Å². The van der Waals surface area contributed by atoms with Gasteiger partial charge in [0.25, 0.3) is 5.91 Å². The van der Waals surface area contributed by atoms with Gasteiger partial charge in [-0.25, -0.2) is 0 Å². The Morgan fingerprint density at radius 3 is 3.08 bits per heavy atom. The van der Waals surface area contributed by atoms with Crippen LogP contribution in [0.2, 0.25) is 0 Å². The highest BCUT2D eigenvalue weighted by atomic mass is 16.5. The molecule has 1 amide bonds. The topological polar surface area (TPSA) is 93.4 Å². The van der Waals surface area contributed by atoms with Crippen molar-refractivity contribution >= 4 is 23.3 Å². The normalized spacial score (nSPS) is 16.9. The molecule has 8 heteroatoms. The van der Waals surface area contributed by atoms with E-state index in [1.807, 2.05) is 18.2 Å². The summed E-state index contributed by atoms with van der Waals surface area (Å²) < 4.78 is 7.30. The van der Waals surface area contributed by atoms with Crippen molar-refractivity contribution in [2.75, 3.05) is 23.8 Å². The summed E-state index contributed by atoms with van der Waals surface area (Å²) in [6.07, 6.45) is 5.51. The third kappa shape index (κ3) is 3.43. The van der Waals surface area contributed by atoms with Crippen molar-refractivity contribution in [1.29, 1.82) is 0 Å². The summed E-state index contributed by atoms with van der Waals surface area (Å²) in [4.78, 5) is 20.5. The lowest BCUT2D eigenvalue weighted by atomic mass is 10.2. The quantitative estimate of drug-likeness (QED) is 0.739. The SMILES string of the molecule is O=C(Nc1nc2cccc(NCC3CCCO3)n2n1)c1cccnc1. The van der Waals surface area contributed by atoms with Crippen LogP contribution in [-0.2, 0) is 4.74 Å². The monoisotopic (exact) mass is 338 g/mol. The molecule has 0 aromatic carbocycles. The fourth-order valence-electron chi connectivity index (χ4n) is 2.79. The van der Waals surface area contributed by atoms with E-state index in [0.717, 1.165) is 31.8 Å². The van der Waals surface area contributed by atoms with Gasteiger partial charge >= 0.3 is 0 Å². The van der Waals surface area contributed by atoms with Crippen LogP contribution in [0.5, 0.6) is 0 Å². The van der Waals surface area contributed by atoms with Gasteiger partial charge in [0, 0.05) is 25.5 Å². The second-order valence-electron chi connectivity index (χ2n) is 5.83. The third-order valence-corrected chi connectivity index (χ3v) is 4.04. The summed E-state index contributed by atoms with van der Waals surface area (Å²) in [5, 5.41) is 10.4. The molecule has 1 aliphatic rings. The van der Waals surface area contributed by atoms with Gasteiger partial charge < -0.3 is 10.1 Å². The standard InChI is InChI=1S/C17H18N6O2/c24-16(12-4-2-8-18-10-12)21-17-20-15-7-1-6-14(23(15)22-17)19-11-13-5-3-9-25-13/h1-2,4,6-8,10,13,19H,3,5,9,11H2,(H,21,22,24). The minimum atomic E-state index is -0.294. The molecule has 1 unspecified atom stereocenters. The zero-order valence-electron chi connectivity index (χ0n) is 13.6. The van der Waals surface area contributed by atoms with Crippen LogP contribution >= 0.6 is 0 Å². The molecule has 0 radical (unpaired) electrons. The maximum atomic E-state index is 12.2. The first-order valence-electron chi connectivity index (χ1n) is 8.22. The number of ether oxygens (including phenoxy) is 1. The summed E-state index contributed by atoms with van der Waals surface area (Å²) >= 11 is 0. The zero-order valence-corrected chi connectivity index (χ0v) is 13.6. The molecule has 1 aliphatic heterocycles. The average molecular weight is 338 g/mol. The molecule has 0 bridgehead atoms. The number of carbonyl (C=O) groups is 1. The van der Waals surface area contributed by atoms with Crippen LogP contribution in [0.15, 0.2) is 42.7 Å². The van der Waals surface area contributed by atoms with Gasteiger partial charge in [0.15, 0.2) is 5.65 Å². The maximum absolute atomic E-state index is 12.2. The number of pyridine rings is 2. The predicted octanol–water partition coefficient (Wildman–Crippen LogP) is 1.97. The summed E-state index contributed by atoms with van der Waals surface area (Å²) in [6, 6.07) is 9.05. The molecule has 1 atom stereocenters. The lowest BCUT2D eigenvalue weighted by Gasteiger charge is -2.12. The van der Waals surface area contributed by atoms with Crippen LogP contribution in [0.4, 0.5) is 11.8 Å². The van der Waals surface area contributed by atoms with Crippen LogP contribution in [-0.4, -0.2) is 44.7 Å². The summed E-state index contributed by atoms with van der Waals surface area (Å²) in [5.74, 6) is 0.764. The van der Waals surface area contributed by atoms with E-state index in [1.165, 1.54) is 6.20 Å². The number of aromatic nitrogens is 4. The van der Waals surface area contributed by atoms with Crippen molar-refractivity contribution < 1.29 is 9.53 Å². The number of rotatable bonds is 5. The number of amides is 1. The average Bonchev–Trinajstić information content (AvgIpc) is 3.30. The Morgan fingerprint density at radius 1 is 1.32 bits per heavy atom. The van der Waals surface area contributed by atoms with Crippen LogP contribution in [0.3, 0.4) is 0 Å². The lowest BCUT2D eigenvalue weighted by molar-refractivity contribution is 0.102. The molecule has 0 spiro atoms. The molecular weight excluding hydrogens is 320 g/mol. The van der Waals surface area contributed by atoms with E-state index in [0.29, 0.717) is 11.2 Å². The van der Waals surface area contributed by atoms with Crippen LogP contribution < -0.4 is 10.6 Å². The highest BCUT2D eigenvalue weighted by Gasteiger charge is 2.16. The minimum absolute atomic E-state index is 0.225. The van der Waals surface area contributed by atoms with Gasteiger partial charge in [0.2, 0.25) is 5.95 Å². The largest absolute Gasteiger partial charge is 0.376 e. The highest BCUT2D eigenvalue weighted by Crippen LogP contribution is 2.16. The summed E-state index contributed by atoms with van der Waals surface area (Å²) in [5.41, 5.74) is 1.11. The third-order valence-electron chi connectivity index (χ3n) is 4.04. The van der Waals surface area contributed by atoms with Gasteiger partial charge in [-0.3, -0.25) is 15.1 Å². The Kier molecular flexibility index (Phi) is 4.26. The molecule has 4 rings (SSSR count). The molecule has 128 valence electrons. The number of hydrogen-bond donors (Lipinski definition) is 2. The fourth-order valence-corrected chi connectivity index (χ4v) is 2.79. The second kappa shape index (κ2) is 6.86. The lowest BCUT2D eigenvalue weighted by Crippen LogP contribution is -2.19. The molecule has 2 N–H and O–H groups in total. The minimum Gasteiger partial charge on any atom is -0.376 e. The van der Waals surface area contributed by atoms with Crippen molar-refractivity contribution in [3.05, 3.63) is 48.3 Å². The van der Waals surface area contributed by atoms with Crippen molar-refractivity contribution in [3.63, 3.8) is 0 Å². The molecule has 1 fully saturated rings. The first-order valence-corrected chi connectivity index (χ1v) is 8.22. The molecule has 0 saturated carbocycles. The van der Waals surface area contributed by atoms with E-state index >= 15 is 0 Å². The van der Waals surface area contributed by atoms with Crippen LogP contribution in [0.1, 0.15) is 23.2 Å². The van der Waals surface area contributed by atoms with E-state index in [2.05, 4.69) is 25.7 Å². The molecule has 3 aromatic heterocycles. The Hall–Kier alpha value is -3.00. The number of hydrogen-bond acceptors (Lipinski definition) is 6.